The van der Waals surface area contributed by atoms with Crippen molar-refractivity contribution in [3.05, 3.63) is 97.6 Å². The minimum atomic E-state index is -4.77. The molecule has 0 fully saturated rings. The van der Waals surface area contributed by atoms with Crippen LogP contribution in [0.4, 0.5) is 24.5 Å². The molecule has 0 aliphatic rings. The van der Waals surface area contributed by atoms with E-state index in [2.05, 4.69) is 10.5 Å². The maximum atomic E-state index is 13.0. The average molecular weight is 532 g/mol. The van der Waals surface area contributed by atoms with Crippen molar-refractivity contribution in [1.29, 1.82) is 0 Å². The predicted molar refractivity (Wildman–Crippen MR) is 128 cm³/mol. The molecule has 3 aromatic carbocycles. The number of hydrazone groups is 1. The van der Waals surface area contributed by atoms with E-state index in [1.807, 2.05) is 0 Å². The third-order valence-electron chi connectivity index (χ3n) is 4.89. The molecule has 0 spiro atoms. The first-order valence-corrected chi connectivity index (χ1v) is 10.8. The van der Waals surface area contributed by atoms with Gasteiger partial charge in [0.25, 0.3) is 5.69 Å². The summed E-state index contributed by atoms with van der Waals surface area (Å²) in [5.41, 5.74) is 1.14. The summed E-state index contributed by atoms with van der Waals surface area (Å²) in [5.74, 6) is -0.754. The second-order valence-electron chi connectivity index (χ2n) is 7.57. The molecule has 0 radical (unpaired) electrons. The van der Waals surface area contributed by atoms with Crippen LogP contribution in [0.3, 0.4) is 0 Å². The fraction of sp³-hybridized carbons (Fsp3) is 0.167. The normalized spacial score (nSPS) is 11.3. The number of non-ortho nitro benzene ring substituents is 1. The van der Waals surface area contributed by atoms with Gasteiger partial charge in [-0.25, -0.2) is 5.43 Å². The van der Waals surface area contributed by atoms with Crippen LogP contribution in [0.2, 0.25) is 0 Å². The maximum Gasteiger partial charge on any atom is 0.416 e. The Labute approximate surface area is 212 Å². The van der Waals surface area contributed by atoms with Gasteiger partial charge in [-0.2, -0.15) is 18.3 Å². The number of hydrogen-bond acceptors (Lipinski definition) is 8. The molecular formula is C24H19F3N4O7. The molecule has 0 heterocycles. The number of amides is 1. The van der Waals surface area contributed by atoms with E-state index in [1.165, 1.54) is 48.7 Å². The lowest BCUT2D eigenvalue weighted by molar-refractivity contribution is -0.385. The number of ether oxygens (including phenoxy) is 2. The van der Waals surface area contributed by atoms with Crippen LogP contribution in [0.15, 0.2) is 65.8 Å². The van der Waals surface area contributed by atoms with Gasteiger partial charge in [-0.3, -0.25) is 25.0 Å². The Morgan fingerprint density at radius 2 is 1.66 bits per heavy atom. The number of rotatable bonds is 10. The lowest BCUT2D eigenvalue weighted by Gasteiger charge is -2.13. The van der Waals surface area contributed by atoms with Crippen molar-refractivity contribution in [3.8, 4) is 17.2 Å². The smallest absolute Gasteiger partial charge is 0.416 e. The van der Waals surface area contributed by atoms with Crippen LogP contribution in [-0.2, 0) is 17.4 Å². The molecule has 0 bridgehead atoms. The quantitative estimate of drug-likeness (QED) is 0.209. The Balaban J connectivity index is 1.72. The van der Waals surface area contributed by atoms with Crippen molar-refractivity contribution in [1.82, 2.24) is 5.43 Å². The molecule has 14 heteroatoms. The molecule has 3 rings (SSSR count). The first-order valence-electron chi connectivity index (χ1n) is 10.8. The monoisotopic (exact) mass is 532 g/mol. The van der Waals surface area contributed by atoms with Crippen LogP contribution < -0.4 is 14.9 Å². The number of alkyl halides is 3. The summed E-state index contributed by atoms with van der Waals surface area (Å²) in [6.07, 6.45) is -3.54. The third-order valence-corrected chi connectivity index (χ3v) is 4.89. The molecule has 38 heavy (non-hydrogen) atoms. The van der Waals surface area contributed by atoms with E-state index in [1.54, 1.807) is 6.92 Å². The van der Waals surface area contributed by atoms with Gasteiger partial charge in [0.05, 0.1) is 34.7 Å². The molecule has 1 amide bonds. The van der Waals surface area contributed by atoms with Crippen LogP contribution in [0.5, 0.6) is 17.2 Å². The second kappa shape index (κ2) is 11.8. The number of carbonyl (C=O) groups is 1. The molecule has 11 nitrogen and oxygen atoms in total. The highest BCUT2D eigenvalue weighted by Crippen LogP contribution is 2.40. The fourth-order valence-corrected chi connectivity index (χ4v) is 3.14. The van der Waals surface area contributed by atoms with Crippen molar-refractivity contribution in [2.24, 2.45) is 5.10 Å². The summed E-state index contributed by atoms with van der Waals surface area (Å²) < 4.78 is 49.9. The highest BCUT2D eigenvalue weighted by atomic mass is 19.4. The Kier molecular flexibility index (Phi) is 8.57. The second-order valence-corrected chi connectivity index (χ2v) is 7.57. The molecule has 0 aliphatic heterocycles. The molecule has 1 N–H and O–H groups in total. The Bertz CT molecular complexity index is 1380. The van der Waals surface area contributed by atoms with Crippen LogP contribution in [0.1, 0.15) is 23.6 Å². The minimum Gasteiger partial charge on any atom is -0.490 e. The van der Waals surface area contributed by atoms with Crippen molar-refractivity contribution < 1.29 is 37.3 Å². The zero-order chi connectivity index (χ0) is 27.9. The maximum absolute atomic E-state index is 13.0. The number of carbonyl (C=O) groups excluding carboxylic acids is 1. The lowest BCUT2D eigenvalue weighted by atomic mass is 10.1. The van der Waals surface area contributed by atoms with Gasteiger partial charge < -0.3 is 9.47 Å². The fourth-order valence-electron chi connectivity index (χ4n) is 3.14. The van der Waals surface area contributed by atoms with Crippen LogP contribution in [0, 0.1) is 20.2 Å². The van der Waals surface area contributed by atoms with E-state index >= 15 is 0 Å². The highest BCUT2D eigenvalue weighted by molar-refractivity contribution is 5.84. The first-order chi connectivity index (χ1) is 18.0. The molecule has 0 aliphatic carbocycles. The van der Waals surface area contributed by atoms with E-state index < -0.39 is 38.9 Å². The summed E-state index contributed by atoms with van der Waals surface area (Å²) >= 11 is 0. The number of halogens is 3. The van der Waals surface area contributed by atoms with Gasteiger partial charge in [-0.1, -0.05) is 12.1 Å². The molecule has 0 aromatic heterocycles. The van der Waals surface area contributed by atoms with Gasteiger partial charge in [-0.05, 0) is 48.4 Å². The number of nitro groups is 2. The van der Waals surface area contributed by atoms with Crippen molar-refractivity contribution in [2.45, 2.75) is 19.5 Å². The van der Waals surface area contributed by atoms with Gasteiger partial charge in [-0.15, -0.1) is 0 Å². The highest BCUT2D eigenvalue weighted by Gasteiger charge is 2.33. The van der Waals surface area contributed by atoms with Crippen molar-refractivity contribution in [2.75, 3.05) is 6.61 Å². The number of hydrogen-bond donors (Lipinski definition) is 1. The molecule has 0 saturated carbocycles. The Morgan fingerprint density at radius 3 is 2.26 bits per heavy atom. The van der Waals surface area contributed by atoms with E-state index in [9.17, 15) is 38.2 Å². The van der Waals surface area contributed by atoms with Gasteiger partial charge in [0, 0.05) is 18.2 Å². The van der Waals surface area contributed by atoms with Crippen molar-refractivity contribution in [3.63, 3.8) is 0 Å². The van der Waals surface area contributed by atoms with Crippen LogP contribution >= 0.6 is 0 Å². The van der Waals surface area contributed by atoms with Crippen LogP contribution in [0.25, 0.3) is 0 Å². The summed E-state index contributed by atoms with van der Waals surface area (Å²) in [5, 5.41) is 25.9. The molecular weight excluding hydrogens is 513 g/mol. The van der Waals surface area contributed by atoms with E-state index in [-0.39, 0.29) is 30.2 Å². The molecule has 0 saturated heterocycles. The van der Waals surface area contributed by atoms with Crippen molar-refractivity contribution >= 4 is 23.5 Å². The van der Waals surface area contributed by atoms with E-state index in [4.69, 9.17) is 9.47 Å². The summed E-state index contributed by atoms with van der Waals surface area (Å²) in [7, 11) is 0. The number of nitrogens with one attached hydrogen (secondary N) is 1. The summed E-state index contributed by atoms with van der Waals surface area (Å²) in [6, 6.07) is 11.7. The molecule has 0 atom stereocenters. The molecule has 198 valence electrons. The standard InChI is InChI=1S/C24H19F3N4O7/c1-2-37-22-11-16(14-28-29-23(32)12-15-3-7-18(8-4-15)30(33)34)5-9-21(22)38-20-10-6-17(24(25,26)27)13-19(20)31(35)36/h3-11,13-14H,2,12H2,1H3,(H,29,32)/b28-14+. The average Bonchev–Trinajstić information content (AvgIpc) is 2.85. The van der Waals surface area contributed by atoms with Gasteiger partial charge in [0.1, 0.15) is 0 Å². The number of nitrogens with zero attached hydrogens (tertiary/aromatic N) is 3. The minimum absolute atomic E-state index is 0.00839. The lowest BCUT2D eigenvalue weighted by Crippen LogP contribution is -2.19. The zero-order valence-corrected chi connectivity index (χ0v) is 19.6. The van der Waals surface area contributed by atoms with E-state index in [0.717, 1.165) is 6.07 Å². The van der Waals surface area contributed by atoms with Gasteiger partial charge in [0.2, 0.25) is 11.7 Å². The first kappa shape index (κ1) is 27.6. The van der Waals surface area contributed by atoms with Gasteiger partial charge >= 0.3 is 11.9 Å². The molecule has 0 unspecified atom stereocenters. The van der Waals surface area contributed by atoms with Gasteiger partial charge in [0.15, 0.2) is 11.5 Å². The van der Waals surface area contributed by atoms with Crippen LogP contribution in [-0.4, -0.2) is 28.6 Å². The topological polar surface area (TPSA) is 146 Å². The van der Waals surface area contributed by atoms with E-state index in [0.29, 0.717) is 23.3 Å². The summed E-state index contributed by atoms with van der Waals surface area (Å²) in [6.45, 7) is 1.85. The predicted octanol–water partition coefficient (Wildman–Crippen LogP) is 5.41. The SMILES string of the molecule is CCOc1cc(/C=N/NC(=O)Cc2ccc([N+](=O)[O-])cc2)ccc1Oc1ccc(C(F)(F)F)cc1[N+](=O)[O-]. The Hall–Kier alpha value is -5.01. The third kappa shape index (κ3) is 7.25. The summed E-state index contributed by atoms with van der Waals surface area (Å²) in [4.78, 5) is 32.6. The molecule has 3 aromatic rings. The number of benzene rings is 3. The number of nitro benzene ring substituents is 2. The Morgan fingerprint density at radius 1 is 0.974 bits per heavy atom. The zero-order valence-electron chi connectivity index (χ0n) is 19.6. The largest absolute Gasteiger partial charge is 0.490 e.